The molecule has 0 aromatic heterocycles. The Balaban J connectivity index is 2.28. The maximum Gasteiger partial charge on any atom is 0.152 e. The van der Waals surface area contributed by atoms with Gasteiger partial charge in [-0.2, -0.15) is 5.26 Å². The van der Waals surface area contributed by atoms with Gasteiger partial charge in [0.1, 0.15) is 23.1 Å². The summed E-state index contributed by atoms with van der Waals surface area (Å²) in [7, 11) is 1.75. The number of anilines is 2. The van der Waals surface area contributed by atoms with Crippen molar-refractivity contribution in [3.05, 3.63) is 47.5 Å². The largest absolute Gasteiger partial charge is 0.456 e. The first-order chi connectivity index (χ1) is 12.1. The molecule has 2 N–H and O–H groups in total. The van der Waals surface area contributed by atoms with Crippen molar-refractivity contribution in [2.45, 2.75) is 25.5 Å². The van der Waals surface area contributed by atoms with Gasteiger partial charge in [-0.1, -0.05) is 19.9 Å². The van der Waals surface area contributed by atoms with Crippen molar-refractivity contribution < 1.29 is 9.53 Å². The molecule has 0 saturated carbocycles. The summed E-state index contributed by atoms with van der Waals surface area (Å²) in [6.45, 7) is 4.23. The van der Waals surface area contributed by atoms with E-state index in [9.17, 15) is 10.1 Å². The van der Waals surface area contributed by atoms with Gasteiger partial charge in [-0.05, 0) is 48.7 Å². The van der Waals surface area contributed by atoms with E-state index >= 15 is 0 Å². The average Bonchev–Trinajstić information content (AvgIpc) is 2.65. The number of nitrogens with one attached hydrogen (secondary N) is 2. The lowest BCUT2D eigenvalue weighted by atomic mass is 10.1. The molecule has 0 spiro atoms. The van der Waals surface area contributed by atoms with Crippen LogP contribution >= 0.6 is 11.9 Å². The number of nitrogens with zero attached hydrogens (tertiary/aromatic N) is 1. The van der Waals surface area contributed by atoms with Crippen LogP contribution in [-0.2, 0) is 0 Å². The quantitative estimate of drug-likeness (QED) is 0.509. The Morgan fingerprint density at radius 1 is 1.32 bits per heavy atom. The van der Waals surface area contributed by atoms with Gasteiger partial charge in [0.05, 0.1) is 5.69 Å². The lowest BCUT2D eigenvalue weighted by Gasteiger charge is -2.14. The zero-order valence-corrected chi connectivity index (χ0v) is 15.3. The van der Waals surface area contributed by atoms with Crippen molar-refractivity contribution >= 4 is 29.6 Å². The molecule has 0 aliphatic rings. The highest BCUT2D eigenvalue weighted by molar-refractivity contribution is 8.01. The second kappa shape index (κ2) is 9.00. The van der Waals surface area contributed by atoms with Gasteiger partial charge >= 0.3 is 0 Å². The van der Waals surface area contributed by atoms with Crippen LogP contribution in [0.2, 0.25) is 0 Å². The Bertz CT molecular complexity index is 787. The highest BCUT2D eigenvalue weighted by atomic mass is 32.2. The lowest BCUT2D eigenvalue weighted by Crippen LogP contribution is -2.01. The van der Waals surface area contributed by atoms with Gasteiger partial charge in [0, 0.05) is 23.5 Å². The van der Waals surface area contributed by atoms with E-state index in [0.29, 0.717) is 33.6 Å². The second-order valence-corrected chi connectivity index (χ2v) is 6.69. The Morgan fingerprint density at radius 2 is 2.12 bits per heavy atom. The van der Waals surface area contributed by atoms with Crippen molar-refractivity contribution in [2.75, 3.05) is 17.1 Å². The van der Waals surface area contributed by atoms with Crippen LogP contribution in [0.15, 0.2) is 36.4 Å². The van der Waals surface area contributed by atoms with Gasteiger partial charge in [0.15, 0.2) is 6.29 Å². The van der Waals surface area contributed by atoms with Crippen LogP contribution in [0, 0.1) is 11.3 Å². The van der Waals surface area contributed by atoms with Crippen LogP contribution in [0.5, 0.6) is 11.5 Å². The molecule has 2 rings (SSSR count). The summed E-state index contributed by atoms with van der Waals surface area (Å²) in [4.78, 5) is 11.2. The molecule has 2 aromatic carbocycles. The Hall–Kier alpha value is -2.65. The van der Waals surface area contributed by atoms with Gasteiger partial charge in [-0.15, -0.1) is 0 Å². The summed E-state index contributed by atoms with van der Waals surface area (Å²) in [5, 5.41) is 12.9. The molecule has 6 heteroatoms. The SMILES string of the molecule is CCC(C)SNc1cccc(Oc2ccc(NC)c(C=O)c2)c1C#N. The van der Waals surface area contributed by atoms with Crippen LogP contribution in [0.3, 0.4) is 0 Å². The van der Waals surface area contributed by atoms with Crippen LogP contribution in [-0.4, -0.2) is 18.6 Å². The smallest absolute Gasteiger partial charge is 0.152 e. The van der Waals surface area contributed by atoms with E-state index in [2.05, 4.69) is 30.0 Å². The molecule has 0 radical (unpaired) electrons. The Kier molecular flexibility index (Phi) is 6.72. The topological polar surface area (TPSA) is 74.2 Å². The van der Waals surface area contributed by atoms with Gasteiger partial charge in [-0.3, -0.25) is 4.79 Å². The van der Waals surface area contributed by atoms with Gasteiger partial charge in [0.25, 0.3) is 0 Å². The number of carbonyl (C=O) groups is 1. The standard InChI is InChI=1S/C19H21N3O2S/c1-4-13(2)25-22-18-6-5-7-19(16(18)11-20)24-15-8-9-17(21-3)14(10-15)12-23/h5-10,12-13,21-22H,4H2,1-3H3. The Labute approximate surface area is 152 Å². The minimum Gasteiger partial charge on any atom is -0.456 e. The normalized spacial score (nSPS) is 11.3. The highest BCUT2D eigenvalue weighted by Crippen LogP contribution is 2.33. The van der Waals surface area contributed by atoms with Crippen LogP contribution in [0.4, 0.5) is 11.4 Å². The van der Waals surface area contributed by atoms with E-state index < -0.39 is 0 Å². The van der Waals surface area contributed by atoms with E-state index in [1.165, 1.54) is 0 Å². The Morgan fingerprint density at radius 3 is 2.76 bits per heavy atom. The zero-order chi connectivity index (χ0) is 18.2. The number of benzene rings is 2. The molecule has 1 unspecified atom stereocenters. The third kappa shape index (κ3) is 4.68. The first-order valence-electron chi connectivity index (χ1n) is 8.02. The fraction of sp³-hybridized carbons (Fsp3) is 0.263. The van der Waals surface area contributed by atoms with Crippen molar-refractivity contribution in [3.8, 4) is 17.6 Å². The summed E-state index contributed by atoms with van der Waals surface area (Å²) in [5.41, 5.74) is 2.37. The molecular weight excluding hydrogens is 334 g/mol. The number of hydrogen-bond acceptors (Lipinski definition) is 6. The van der Waals surface area contributed by atoms with Gasteiger partial charge in [0.2, 0.25) is 0 Å². The molecule has 5 nitrogen and oxygen atoms in total. The molecular formula is C19H21N3O2S. The summed E-state index contributed by atoms with van der Waals surface area (Å²) in [5.74, 6) is 0.954. The van der Waals surface area contributed by atoms with Crippen LogP contribution in [0.25, 0.3) is 0 Å². The van der Waals surface area contributed by atoms with Crippen molar-refractivity contribution in [2.24, 2.45) is 0 Å². The molecule has 0 bridgehead atoms. The lowest BCUT2D eigenvalue weighted by molar-refractivity contribution is 0.112. The van der Waals surface area contributed by atoms with Crippen molar-refractivity contribution in [1.82, 2.24) is 0 Å². The molecule has 130 valence electrons. The van der Waals surface area contributed by atoms with E-state index in [1.54, 1.807) is 43.3 Å². The average molecular weight is 355 g/mol. The van der Waals surface area contributed by atoms with Crippen LogP contribution in [0.1, 0.15) is 36.2 Å². The zero-order valence-electron chi connectivity index (χ0n) is 14.5. The number of ether oxygens (including phenoxy) is 1. The second-order valence-electron chi connectivity index (χ2n) is 5.45. The van der Waals surface area contributed by atoms with E-state index in [4.69, 9.17) is 4.74 Å². The molecule has 2 aromatic rings. The molecule has 25 heavy (non-hydrogen) atoms. The van der Waals surface area contributed by atoms with Crippen LogP contribution < -0.4 is 14.8 Å². The summed E-state index contributed by atoms with van der Waals surface area (Å²) in [6, 6.07) is 12.8. The number of nitriles is 1. The van der Waals surface area contributed by atoms with E-state index in [-0.39, 0.29) is 0 Å². The minimum atomic E-state index is 0.431. The number of hydrogen-bond donors (Lipinski definition) is 2. The van der Waals surface area contributed by atoms with E-state index in [1.807, 2.05) is 12.1 Å². The molecule has 1 atom stereocenters. The molecule has 0 fully saturated rings. The first-order valence-corrected chi connectivity index (χ1v) is 8.90. The monoisotopic (exact) mass is 355 g/mol. The van der Waals surface area contributed by atoms with E-state index in [0.717, 1.165) is 18.4 Å². The molecule has 0 amide bonds. The van der Waals surface area contributed by atoms with Crippen molar-refractivity contribution in [1.29, 1.82) is 5.26 Å². The molecule has 0 saturated heterocycles. The minimum absolute atomic E-state index is 0.431. The molecule has 0 aliphatic heterocycles. The number of rotatable bonds is 8. The summed E-state index contributed by atoms with van der Waals surface area (Å²) in [6.07, 6.45) is 1.80. The maximum atomic E-state index is 11.2. The molecule has 0 heterocycles. The number of carbonyl (C=O) groups excluding carboxylic acids is 1. The summed E-state index contributed by atoms with van der Waals surface area (Å²) < 4.78 is 9.09. The fourth-order valence-electron chi connectivity index (χ4n) is 2.12. The summed E-state index contributed by atoms with van der Waals surface area (Å²) >= 11 is 1.57. The van der Waals surface area contributed by atoms with Crippen molar-refractivity contribution in [3.63, 3.8) is 0 Å². The highest BCUT2D eigenvalue weighted by Gasteiger charge is 2.12. The first kappa shape index (κ1) is 18.7. The van der Waals surface area contributed by atoms with Gasteiger partial charge in [-0.25, -0.2) is 0 Å². The number of aldehydes is 1. The third-order valence-corrected chi connectivity index (χ3v) is 4.80. The predicted molar refractivity (Wildman–Crippen MR) is 104 cm³/mol. The van der Waals surface area contributed by atoms with Gasteiger partial charge < -0.3 is 14.8 Å². The molecule has 0 aliphatic carbocycles. The fourth-order valence-corrected chi connectivity index (χ4v) is 2.79. The maximum absolute atomic E-state index is 11.2. The predicted octanol–water partition coefficient (Wildman–Crippen LogP) is 5.06. The third-order valence-electron chi connectivity index (χ3n) is 3.73.